The average Bonchev–Trinajstić information content (AvgIpc) is 3.06. The molecule has 0 saturated carbocycles. The second-order valence-electron chi connectivity index (χ2n) is 5.97. The number of ether oxygens (including phenoxy) is 2. The van der Waals surface area contributed by atoms with Crippen molar-refractivity contribution < 1.29 is 14.3 Å². The zero-order chi connectivity index (χ0) is 17.2. The number of fused-ring (bicyclic) bond motifs is 4. The molecule has 1 aromatic carbocycles. The van der Waals surface area contributed by atoms with Crippen LogP contribution in [0.2, 0.25) is 0 Å². The van der Waals surface area contributed by atoms with Gasteiger partial charge in [-0.15, -0.1) is 0 Å². The van der Waals surface area contributed by atoms with Crippen molar-refractivity contribution in [2.75, 3.05) is 26.8 Å². The van der Waals surface area contributed by atoms with Crippen LogP contribution in [0.15, 0.2) is 36.5 Å². The molecular weight excluding hydrogens is 320 g/mol. The van der Waals surface area contributed by atoms with E-state index in [9.17, 15) is 4.79 Å². The number of H-pyrrole nitrogens is 1. The molecule has 0 unspecified atom stereocenters. The van der Waals surface area contributed by atoms with Gasteiger partial charge in [0.2, 0.25) is 5.88 Å². The number of hydrogen-bond acceptors (Lipinski definition) is 5. The summed E-state index contributed by atoms with van der Waals surface area (Å²) in [6.07, 6.45) is 2.39. The van der Waals surface area contributed by atoms with Gasteiger partial charge < -0.3 is 14.4 Å². The molecule has 128 valence electrons. The van der Waals surface area contributed by atoms with E-state index in [1.54, 1.807) is 24.2 Å². The van der Waals surface area contributed by atoms with Crippen LogP contribution in [0.4, 0.5) is 0 Å². The Balaban J connectivity index is 1.77. The average molecular weight is 338 g/mol. The summed E-state index contributed by atoms with van der Waals surface area (Å²) in [6, 6.07) is 9.49. The third-order valence-electron chi connectivity index (χ3n) is 4.22. The number of aromatic amines is 1. The highest BCUT2D eigenvalue weighted by molar-refractivity contribution is 5.93. The number of hydrogen-bond donors (Lipinski definition) is 1. The highest BCUT2D eigenvalue weighted by atomic mass is 16.5. The topological polar surface area (TPSA) is 80.3 Å². The van der Waals surface area contributed by atoms with Crippen molar-refractivity contribution in [2.45, 2.75) is 6.42 Å². The van der Waals surface area contributed by atoms with E-state index in [4.69, 9.17) is 9.47 Å². The van der Waals surface area contributed by atoms with Crippen molar-refractivity contribution >= 4 is 16.8 Å². The van der Waals surface area contributed by atoms with Gasteiger partial charge >= 0.3 is 0 Å². The molecular formula is C18H18N4O3. The zero-order valence-corrected chi connectivity index (χ0v) is 13.9. The molecule has 4 rings (SSSR count). The molecule has 3 heterocycles. The molecule has 1 N–H and O–H groups in total. The number of nitrogens with one attached hydrogen (secondary N) is 1. The van der Waals surface area contributed by atoms with Gasteiger partial charge in [0.1, 0.15) is 11.4 Å². The number of rotatable bonds is 0. The fraction of sp³-hybridized carbons (Fsp3) is 0.278. The molecule has 7 heteroatoms. The van der Waals surface area contributed by atoms with Gasteiger partial charge in [0, 0.05) is 36.8 Å². The largest absolute Gasteiger partial charge is 0.494 e. The summed E-state index contributed by atoms with van der Waals surface area (Å²) in [7, 11) is 1.76. The Morgan fingerprint density at radius 1 is 1.20 bits per heavy atom. The van der Waals surface area contributed by atoms with Crippen LogP contribution in [-0.4, -0.2) is 52.8 Å². The van der Waals surface area contributed by atoms with E-state index in [1.165, 1.54) is 0 Å². The van der Waals surface area contributed by atoms with Gasteiger partial charge in [-0.25, -0.2) is 4.98 Å². The van der Waals surface area contributed by atoms with Gasteiger partial charge in [-0.1, -0.05) is 0 Å². The standard InChI is InChI=1S/C18H18N4O3/c1-22-7-2-8-24-13-3-4-15-14(10-13)18(21-20-15)12-5-6-19-16(9-12)25-11-17(22)23/h3-6,9-10H,2,7-8,11H2,1H3,(H,20,21). The third kappa shape index (κ3) is 3.13. The van der Waals surface area contributed by atoms with Crippen LogP contribution in [0.1, 0.15) is 6.42 Å². The van der Waals surface area contributed by atoms with E-state index < -0.39 is 0 Å². The van der Waals surface area contributed by atoms with Crippen LogP contribution in [0.3, 0.4) is 0 Å². The number of pyridine rings is 1. The molecule has 1 aliphatic heterocycles. The summed E-state index contributed by atoms with van der Waals surface area (Å²) in [5.74, 6) is 1.09. The number of carbonyl (C=O) groups is 1. The van der Waals surface area contributed by atoms with Crippen molar-refractivity contribution in [3.8, 4) is 22.9 Å². The maximum atomic E-state index is 12.1. The van der Waals surface area contributed by atoms with E-state index >= 15 is 0 Å². The second-order valence-corrected chi connectivity index (χ2v) is 5.97. The van der Waals surface area contributed by atoms with Gasteiger partial charge in [-0.05, 0) is 30.7 Å². The Hall–Kier alpha value is -3.09. The maximum absolute atomic E-state index is 12.1. The molecule has 1 aliphatic rings. The summed E-state index contributed by atoms with van der Waals surface area (Å²) in [5.41, 5.74) is 2.59. The lowest BCUT2D eigenvalue weighted by atomic mass is 10.1. The van der Waals surface area contributed by atoms with Crippen LogP contribution in [0.5, 0.6) is 11.6 Å². The van der Waals surface area contributed by atoms with Crippen LogP contribution in [0.25, 0.3) is 22.2 Å². The van der Waals surface area contributed by atoms with Crippen molar-refractivity contribution in [2.24, 2.45) is 0 Å². The summed E-state index contributed by atoms with van der Waals surface area (Å²) < 4.78 is 11.4. The van der Waals surface area contributed by atoms with Crippen LogP contribution >= 0.6 is 0 Å². The van der Waals surface area contributed by atoms with E-state index in [0.717, 1.165) is 34.3 Å². The molecule has 0 radical (unpaired) electrons. The Labute approximate surface area is 144 Å². The molecule has 0 atom stereocenters. The molecule has 3 aromatic rings. The number of benzene rings is 1. The minimum atomic E-state index is -0.0928. The molecule has 25 heavy (non-hydrogen) atoms. The molecule has 7 nitrogen and oxygen atoms in total. The number of carbonyl (C=O) groups excluding carboxylic acids is 1. The van der Waals surface area contributed by atoms with E-state index in [-0.39, 0.29) is 12.5 Å². The first-order valence-electron chi connectivity index (χ1n) is 8.15. The van der Waals surface area contributed by atoms with Crippen LogP contribution in [-0.2, 0) is 4.79 Å². The summed E-state index contributed by atoms with van der Waals surface area (Å²) in [6.45, 7) is 1.10. The minimum Gasteiger partial charge on any atom is -0.494 e. The molecule has 2 aromatic heterocycles. The van der Waals surface area contributed by atoms with Gasteiger partial charge in [0.25, 0.3) is 5.91 Å². The third-order valence-corrected chi connectivity index (χ3v) is 4.22. The SMILES string of the molecule is CN1CCCOc2ccc3[nH]nc(c3c2)-c2ccnc(c2)OCC1=O. The first kappa shape index (κ1) is 15.4. The Morgan fingerprint density at radius 3 is 3.04 bits per heavy atom. The van der Waals surface area contributed by atoms with E-state index in [1.807, 2.05) is 24.3 Å². The van der Waals surface area contributed by atoms with Crippen LogP contribution in [0, 0.1) is 0 Å². The summed E-state index contributed by atoms with van der Waals surface area (Å²) in [4.78, 5) is 17.9. The number of likely N-dealkylation sites (N-methyl/N-ethyl adjacent to an activating group) is 1. The Kier molecular flexibility index (Phi) is 3.97. The molecule has 0 spiro atoms. The highest BCUT2D eigenvalue weighted by Crippen LogP contribution is 2.30. The first-order valence-corrected chi connectivity index (χ1v) is 8.15. The quantitative estimate of drug-likeness (QED) is 0.680. The smallest absolute Gasteiger partial charge is 0.260 e. The fourth-order valence-corrected chi connectivity index (χ4v) is 2.80. The maximum Gasteiger partial charge on any atom is 0.260 e. The van der Waals surface area contributed by atoms with Crippen molar-refractivity contribution in [3.05, 3.63) is 36.5 Å². The van der Waals surface area contributed by atoms with Gasteiger partial charge in [0.05, 0.1) is 12.1 Å². The second kappa shape index (κ2) is 6.43. The van der Waals surface area contributed by atoms with E-state index in [2.05, 4.69) is 15.2 Å². The predicted octanol–water partition coefficient (Wildman–Crippen LogP) is 2.24. The number of nitrogens with zero attached hydrogens (tertiary/aromatic N) is 3. The summed E-state index contributed by atoms with van der Waals surface area (Å²) >= 11 is 0. The van der Waals surface area contributed by atoms with Crippen molar-refractivity contribution in [3.63, 3.8) is 0 Å². The normalized spacial score (nSPS) is 15.4. The predicted molar refractivity (Wildman–Crippen MR) is 92.6 cm³/mol. The number of aromatic nitrogens is 3. The Bertz CT molecular complexity index is 922. The van der Waals surface area contributed by atoms with Crippen molar-refractivity contribution in [1.29, 1.82) is 0 Å². The molecule has 1 amide bonds. The van der Waals surface area contributed by atoms with E-state index in [0.29, 0.717) is 19.0 Å². The minimum absolute atomic E-state index is 0.0441. The molecule has 0 saturated heterocycles. The monoisotopic (exact) mass is 338 g/mol. The molecule has 0 fully saturated rings. The Morgan fingerprint density at radius 2 is 2.12 bits per heavy atom. The lowest BCUT2D eigenvalue weighted by Crippen LogP contribution is -2.32. The molecule has 4 bridgehead atoms. The first-order chi connectivity index (χ1) is 12.2. The zero-order valence-electron chi connectivity index (χ0n) is 13.9. The summed E-state index contributed by atoms with van der Waals surface area (Å²) in [5, 5.41) is 8.41. The molecule has 0 aliphatic carbocycles. The van der Waals surface area contributed by atoms with Crippen LogP contribution < -0.4 is 9.47 Å². The highest BCUT2D eigenvalue weighted by Gasteiger charge is 2.14. The van der Waals surface area contributed by atoms with Crippen molar-refractivity contribution in [1.82, 2.24) is 20.1 Å². The number of amides is 1. The lowest BCUT2D eigenvalue weighted by molar-refractivity contribution is -0.132. The lowest BCUT2D eigenvalue weighted by Gasteiger charge is -2.17. The van der Waals surface area contributed by atoms with Gasteiger partial charge in [-0.2, -0.15) is 5.10 Å². The van der Waals surface area contributed by atoms with Gasteiger partial charge in [-0.3, -0.25) is 9.89 Å². The fourth-order valence-electron chi connectivity index (χ4n) is 2.80. The van der Waals surface area contributed by atoms with Gasteiger partial charge in [0.15, 0.2) is 6.61 Å².